The van der Waals surface area contributed by atoms with Gasteiger partial charge in [-0.25, -0.2) is 4.98 Å². The van der Waals surface area contributed by atoms with E-state index in [0.717, 1.165) is 25.5 Å². The number of likely N-dealkylation sites (N-methyl/N-ethyl adjacent to an activating group) is 2. The number of hydrogen-bond donors (Lipinski definition) is 1. The van der Waals surface area contributed by atoms with Gasteiger partial charge in [0.05, 0.1) is 0 Å². The molecule has 2 rings (SSSR count). The summed E-state index contributed by atoms with van der Waals surface area (Å²) in [5, 5.41) is 2.96. The lowest BCUT2D eigenvalue weighted by molar-refractivity contribution is 0.0754. The molecule has 1 N–H and O–H groups in total. The number of nitrogens with one attached hydrogen (secondary N) is 1. The molecule has 0 spiro atoms. The Kier molecular flexibility index (Phi) is 4.95. The first-order chi connectivity index (χ1) is 9.65. The highest BCUT2D eigenvalue weighted by Crippen LogP contribution is 2.18. The van der Waals surface area contributed by atoms with Crippen LogP contribution in [-0.2, 0) is 0 Å². The van der Waals surface area contributed by atoms with Crippen molar-refractivity contribution < 1.29 is 4.79 Å². The van der Waals surface area contributed by atoms with E-state index in [2.05, 4.69) is 22.1 Å². The molecule has 110 valence electrons. The molecule has 1 amide bonds. The Balaban J connectivity index is 2.01. The quantitative estimate of drug-likeness (QED) is 0.889. The van der Waals surface area contributed by atoms with E-state index in [1.165, 1.54) is 12.8 Å². The zero-order valence-electron chi connectivity index (χ0n) is 12.6. The summed E-state index contributed by atoms with van der Waals surface area (Å²) in [6, 6.07) is 4.07. The number of pyridine rings is 1. The van der Waals surface area contributed by atoms with E-state index in [1.807, 2.05) is 11.9 Å². The summed E-state index contributed by atoms with van der Waals surface area (Å²) in [6.07, 6.45) is 4.09. The lowest BCUT2D eigenvalue weighted by Crippen LogP contribution is -2.41. The molecule has 0 aliphatic carbocycles. The van der Waals surface area contributed by atoms with Crippen LogP contribution in [0, 0.1) is 0 Å². The minimum absolute atomic E-state index is 0.0619. The van der Waals surface area contributed by atoms with Gasteiger partial charge in [-0.1, -0.05) is 6.92 Å². The van der Waals surface area contributed by atoms with E-state index < -0.39 is 0 Å². The van der Waals surface area contributed by atoms with Gasteiger partial charge in [-0.3, -0.25) is 9.69 Å². The molecule has 1 fully saturated rings. The number of anilines is 1. The molecular weight excluding hydrogens is 252 g/mol. The van der Waals surface area contributed by atoms with E-state index >= 15 is 0 Å². The van der Waals surface area contributed by atoms with Crippen LogP contribution in [0.1, 0.15) is 30.1 Å². The maximum atomic E-state index is 12.4. The first-order valence-corrected chi connectivity index (χ1v) is 7.29. The highest BCUT2D eigenvalue weighted by Gasteiger charge is 2.25. The van der Waals surface area contributed by atoms with Gasteiger partial charge in [-0.15, -0.1) is 0 Å². The summed E-state index contributed by atoms with van der Waals surface area (Å²) in [6.45, 7) is 5.19. The van der Waals surface area contributed by atoms with Gasteiger partial charge in [0.25, 0.3) is 5.91 Å². The predicted molar refractivity (Wildman–Crippen MR) is 81.0 cm³/mol. The monoisotopic (exact) mass is 276 g/mol. The second kappa shape index (κ2) is 6.70. The van der Waals surface area contributed by atoms with Gasteiger partial charge in [-0.2, -0.15) is 0 Å². The highest BCUT2D eigenvalue weighted by atomic mass is 16.2. The van der Waals surface area contributed by atoms with Gasteiger partial charge < -0.3 is 10.2 Å². The Morgan fingerprint density at radius 2 is 2.40 bits per heavy atom. The molecule has 1 aromatic rings. The Bertz CT molecular complexity index is 463. The minimum Gasteiger partial charge on any atom is -0.373 e. The van der Waals surface area contributed by atoms with Crippen LogP contribution in [-0.4, -0.2) is 60.5 Å². The minimum atomic E-state index is 0.0619. The number of aromatic nitrogens is 1. The molecule has 0 bridgehead atoms. The SMILES string of the molecule is CCN1CCCC1CN(C)C(=O)c1ccnc(NC)c1. The summed E-state index contributed by atoms with van der Waals surface area (Å²) in [5.41, 5.74) is 0.688. The Labute approximate surface area is 121 Å². The van der Waals surface area contributed by atoms with Crippen molar-refractivity contribution in [1.29, 1.82) is 0 Å². The fourth-order valence-electron chi connectivity index (χ4n) is 2.84. The largest absolute Gasteiger partial charge is 0.373 e. The van der Waals surface area contributed by atoms with Crippen LogP contribution in [0.5, 0.6) is 0 Å². The molecule has 0 aromatic carbocycles. The third kappa shape index (κ3) is 3.28. The van der Waals surface area contributed by atoms with Crippen molar-refractivity contribution in [2.24, 2.45) is 0 Å². The Morgan fingerprint density at radius 3 is 3.10 bits per heavy atom. The molecule has 0 radical (unpaired) electrons. The van der Waals surface area contributed by atoms with Crippen molar-refractivity contribution in [3.63, 3.8) is 0 Å². The van der Waals surface area contributed by atoms with Crippen molar-refractivity contribution in [3.05, 3.63) is 23.9 Å². The maximum absolute atomic E-state index is 12.4. The fourth-order valence-corrected chi connectivity index (χ4v) is 2.84. The van der Waals surface area contributed by atoms with E-state index in [0.29, 0.717) is 11.6 Å². The molecule has 1 aliphatic heterocycles. The van der Waals surface area contributed by atoms with E-state index in [-0.39, 0.29) is 5.91 Å². The topological polar surface area (TPSA) is 48.5 Å². The zero-order valence-corrected chi connectivity index (χ0v) is 12.6. The smallest absolute Gasteiger partial charge is 0.253 e. The lowest BCUT2D eigenvalue weighted by atomic mass is 10.2. The molecule has 1 saturated heterocycles. The fraction of sp³-hybridized carbons (Fsp3) is 0.600. The first kappa shape index (κ1) is 14.8. The molecule has 1 unspecified atom stereocenters. The molecular formula is C15H24N4O. The second-order valence-electron chi connectivity index (χ2n) is 5.29. The van der Waals surface area contributed by atoms with Crippen LogP contribution in [0.4, 0.5) is 5.82 Å². The van der Waals surface area contributed by atoms with Gasteiger partial charge >= 0.3 is 0 Å². The molecule has 2 heterocycles. The average Bonchev–Trinajstić information content (AvgIpc) is 2.93. The Morgan fingerprint density at radius 1 is 1.60 bits per heavy atom. The second-order valence-corrected chi connectivity index (χ2v) is 5.29. The van der Waals surface area contributed by atoms with Gasteiger partial charge in [0.1, 0.15) is 5.82 Å². The standard InChI is InChI=1S/C15H24N4O/c1-4-19-9-5-6-13(19)11-18(3)15(20)12-7-8-17-14(10-12)16-2/h7-8,10,13H,4-6,9,11H2,1-3H3,(H,16,17). The average molecular weight is 276 g/mol. The third-order valence-corrected chi connectivity index (χ3v) is 4.00. The summed E-state index contributed by atoms with van der Waals surface area (Å²) < 4.78 is 0. The molecule has 20 heavy (non-hydrogen) atoms. The maximum Gasteiger partial charge on any atom is 0.253 e. The number of carbonyl (C=O) groups excluding carboxylic acids is 1. The van der Waals surface area contributed by atoms with Crippen LogP contribution in [0.15, 0.2) is 18.3 Å². The van der Waals surface area contributed by atoms with E-state index in [1.54, 1.807) is 25.4 Å². The molecule has 5 nitrogen and oxygen atoms in total. The van der Waals surface area contributed by atoms with Crippen molar-refractivity contribution in [3.8, 4) is 0 Å². The van der Waals surface area contributed by atoms with Crippen molar-refractivity contribution in [2.45, 2.75) is 25.8 Å². The lowest BCUT2D eigenvalue weighted by Gasteiger charge is -2.27. The van der Waals surface area contributed by atoms with Crippen LogP contribution >= 0.6 is 0 Å². The summed E-state index contributed by atoms with van der Waals surface area (Å²) in [4.78, 5) is 20.9. The third-order valence-electron chi connectivity index (χ3n) is 4.00. The summed E-state index contributed by atoms with van der Waals surface area (Å²) >= 11 is 0. The van der Waals surface area contributed by atoms with E-state index in [4.69, 9.17) is 0 Å². The number of nitrogens with zero attached hydrogens (tertiary/aromatic N) is 3. The van der Waals surface area contributed by atoms with Crippen molar-refractivity contribution in [1.82, 2.24) is 14.8 Å². The summed E-state index contributed by atoms with van der Waals surface area (Å²) in [7, 11) is 3.69. The number of amides is 1. The molecule has 0 saturated carbocycles. The van der Waals surface area contributed by atoms with Gasteiger partial charge in [0.15, 0.2) is 0 Å². The van der Waals surface area contributed by atoms with Crippen LogP contribution < -0.4 is 5.32 Å². The number of carbonyl (C=O) groups is 1. The highest BCUT2D eigenvalue weighted by molar-refractivity contribution is 5.94. The van der Waals surface area contributed by atoms with E-state index in [9.17, 15) is 4.79 Å². The van der Waals surface area contributed by atoms with Crippen molar-refractivity contribution in [2.75, 3.05) is 39.0 Å². The molecule has 1 aromatic heterocycles. The van der Waals surface area contributed by atoms with Crippen LogP contribution in [0.2, 0.25) is 0 Å². The number of likely N-dealkylation sites (tertiary alicyclic amines) is 1. The number of rotatable bonds is 5. The van der Waals surface area contributed by atoms with Crippen LogP contribution in [0.3, 0.4) is 0 Å². The predicted octanol–water partition coefficient (Wildman–Crippen LogP) is 1.68. The zero-order chi connectivity index (χ0) is 14.5. The molecule has 1 atom stereocenters. The molecule has 5 heteroatoms. The molecule has 1 aliphatic rings. The normalized spacial score (nSPS) is 19.1. The van der Waals surface area contributed by atoms with Gasteiger partial charge in [0, 0.05) is 38.4 Å². The van der Waals surface area contributed by atoms with Crippen LogP contribution in [0.25, 0.3) is 0 Å². The first-order valence-electron chi connectivity index (χ1n) is 7.29. The van der Waals surface area contributed by atoms with Gasteiger partial charge in [0.2, 0.25) is 0 Å². The summed E-state index contributed by atoms with van der Waals surface area (Å²) in [5.74, 6) is 0.784. The van der Waals surface area contributed by atoms with Gasteiger partial charge in [-0.05, 0) is 38.1 Å². The van der Waals surface area contributed by atoms with Crippen molar-refractivity contribution >= 4 is 11.7 Å². The Hall–Kier alpha value is -1.62. The number of hydrogen-bond acceptors (Lipinski definition) is 4.